The van der Waals surface area contributed by atoms with Crippen molar-refractivity contribution < 1.29 is 0 Å². The first-order valence-electron chi connectivity index (χ1n) is 2.67. The number of benzene rings is 1. The van der Waals surface area contributed by atoms with Crippen LogP contribution in [0.15, 0.2) is 30.3 Å². The molecule has 1 nitrogen and oxygen atoms in total. The quantitative estimate of drug-likeness (QED) is 0.589. The first-order chi connectivity index (χ1) is 3.93. The molecule has 0 amide bonds. The Morgan fingerprint density at radius 3 is 2.12 bits per heavy atom. The van der Waals surface area contributed by atoms with Crippen molar-refractivity contribution in [2.24, 2.45) is 5.73 Å². The molecule has 0 radical (unpaired) electrons. The lowest BCUT2D eigenvalue weighted by Gasteiger charge is -1.90. The summed E-state index contributed by atoms with van der Waals surface area (Å²) < 4.78 is 0. The summed E-state index contributed by atoms with van der Waals surface area (Å²) >= 11 is 0. The first kappa shape index (κ1) is 5.32. The molecule has 0 saturated carbocycles. The fourth-order valence-corrected chi connectivity index (χ4v) is 0.614. The standard InChI is InChI=1S/C7H9N/c8-6-7-4-2-1-3-5-7/h1-5H,6,8H2/i1+2,2+2,3+2,4+2,5+2,7+2. The van der Waals surface area contributed by atoms with E-state index in [1.165, 1.54) is 5.56 Å². The molecule has 0 heterocycles. The molecular formula is C7H9N. The van der Waals surface area contributed by atoms with Crippen molar-refractivity contribution in [2.45, 2.75) is 6.54 Å². The predicted octanol–water partition coefficient (Wildman–Crippen LogP) is 1.15. The molecule has 0 aliphatic heterocycles. The number of hydrogen-bond acceptors (Lipinski definition) is 1. The Balaban J connectivity index is 2.83. The maximum absolute atomic E-state index is 5.35. The van der Waals surface area contributed by atoms with Gasteiger partial charge in [0.05, 0.1) is 0 Å². The van der Waals surface area contributed by atoms with Crippen LogP contribution >= 0.6 is 0 Å². The summed E-state index contributed by atoms with van der Waals surface area (Å²) in [5, 5.41) is 0. The van der Waals surface area contributed by atoms with Crippen LogP contribution in [-0.4, -0.2) is 0 Å². The van der Waals surface area contributed by atoms with Gasteiger partial charge in [-0.15, -0.1) is 0 Å². The Morgan fingerprint density at radius 1 is 1.12 bits per heavy atom. The van der Waals surface area contributed by atoms with Gasteiger partial charge >= 0.3 is 0 Å². The molecule has 0 aliphatic rings. The minimum absolute atomic E-state index is 0.640. The fourth-order valence-electron chi connectivity index (χ4n) is 0.614. The monoisotopic (exact) mass is 119 g/mol. The Bertz CT molecular complexity index is 146. The van der Waals surface area contributed by atoms with Crippen molar-refractivity contribution in [3.8, 4) is 0 Å². The van der Waals surface area contributed by atoms with Crippen LogP contribution in [-0.2, 0) is 6.54 Å². The lowest BCUT2D eigenvalue weighted by molar-refractivity contribution is 1.07. The van der Waals surface area contributed by atoms with Crippen molar-refractivity contribution in [3.05, 3.63) is 35.9 Å². The second-order valence-corrected chi connectivity index (χ2v) is 1.69. The summed E-state index contributed by atoms with van der Waals surface area (Å²) in [5.74, 6) is 0. The predicted molar refractivity (Wildman–Crippen MR) is 34.3 cm³/mol. The van der Waals surface area contributed by atoms with Crippen molar-refractivity contribution in [2.75, 3.05) is 0 Å². The maximum Gasteiger partial charge on any atom is 0.0178 e. The molecule has 42 valence electrons. The molecule has 0 atom stereocenters. The van der Waals surface area contributed by atoms with Crippen LogP contribution in [0, 0.1) is 0 Å². The highest BCUT2D eigenvalue weighted by Gasteiger charge is 1.80. The third-order valence-corrected chi connectivity index (χ3v) is 1.08. The van der Waals surface area contributed by atoms with Gasteiger partial charge in [0.2, 0.25) is 0 Å². The Labute approximate surface area is 49.1 Å². The van der Waals surface area contributed by atoms with Crippen molar-refractivity contribution in [1.82, 2.24) is 0 Å². The van der Waals surface area contributed by atoms with Crippen molar-refractivity contribution in [1.29, 1.82) is 0 Å². The lowest BCUT2D eigenvalue weighted by atomic mass is 11.2. The normalized spacial score (nSPS) is 9.12. The van der Waals surface area contributed by atoms with Crippen LogP contribution in [0.4, 0.5) is 0 Å². The SMILES string of the molecule is NC[14c]1[14cH][14cH][14cH][14cH][14cH]1. The van der Waals surface area contributed by atoms with Gasteiger partial charge in [0.25, 0.3) is 0 Å². The molecule has 0 fully saturated rings. The molecule has 0 saturated heterocycles. The third-order valence-electron chi connectivity index (χ3n) is 1.08. The zero-order valence-electron chi connectivity index (χ0n) is 4.67. The fraction of sp³-hybridized carbons (Fsp3) is 0.143. The second kappa shape index (κ2) is 2.48. The summed E-state index contributed by atoms with van der Waals surface area (Å²) in [6.45, 7) is 0.640. The van der Waals surface area contributed by atoms with Crippen LogP contribution in [0.1, 0.15) is 5.56 Å². The van der Waals surface area contributed by atoms with Gasteiger partial charge < -0.3 is 5.73 Å². The number of hydrogen-bond donors (Lipinski definition) is 1. The molecule has 1 heteroatoms. The van der Waals surface area contributed by atoms with E-state index in [1.54, 1.807) is 0 Å². The van der Waals surface area contributed by atoms with Gasteiger partial charge in [-0.3, -0.25) is 0 Å². The van der Waals surface area contributed by atoms with Gasteiger partial charge in [-0.1, -0.05) is 30.3 Å². The zero-order chi connectivity index (χ0) is 5.82. The van der Waals surface area contributed by atoms with Crippen LogP contribution in [0.2, 0.25) is 0 Å². The van der Waals surface area contributed by atoms with Crippen molar-refractivity contribution >= 4 is 0 Å². The maximum atomic E-state index is 5.35. The summed E-state index contributed by atoms with van der Waals surface area (Å²) in [5.41, 5.74) is 6.54. The molecular weight excluding hydrogens is 110 g/mol. The summed E-state index contributed by atoms with van der Waals surface area (Å²) in [6, 6.07) is 9.99. The van der Waals surface area contributed by atoms with E-state index in [2.05, 4.69) is 0 Å². The molecule has 0 bridgehead atoms. The van der Waals surface area contributed by atoms with Gasteiger partial charge in [-0.05, 0) is 5.56 Å². The van der Waals surface area contributed by atoms with E-state index in [0.29, 0.717) is 6.54 Å². The van der Waals surface area contributed by atoms with E-state index in [-0.39, 0.29) is 0 Å². The Hall–Kier alpha value is -0.820. The summed E-state index contributed by atoms with van der Waals surface area (Å²) in [6.07, 6.45) is 0. The largest absolute Gasteiger partial charge is 0.326 e. The highest BCUT2D eigenvalue weighted by molar-refractivity contribution is 5.13. The van der Waals surface area contributed by atoms with Crippen molar-refractivity contribution in [3.63, 3.8) is 0 Å². The molecule has 8 heavy (non-hydrogen) atoms. The molecule has 1 aromatic carbocycles. The molecule has 0 spiro atoms. The van der Waals surface area contributed by atoms with Crippen LogP contribution in [0.5, 0.6) is 0 Å². The molecule has 0 aromatic heterocycles. The zero-order valence-corrected chi connectivity index (χ0v) is 4.67. The minimum Gasteiger partial charge on any atom is -0.326 e. The smallest absolute Gasteiger partial charge is 0.0178 e. The van der Waals surface area contributed by atoms with Gasteiger partial charge in [0.1, 0.15) is 0 Å². The average molecular weight is 119 g/mol. The van der Waals surface area contributed by atoms with E-state index in [9.17, 15) is 0 Å². The lowest BCUT2D eigenvalue weighted by Crippen LogP contribution is -1.94. The molecule has 1 aromatic rings. The van der Waals surface area contributed by atoms with E-state index in [4.69, 9.17) is 5.73 Å². The Kier molecular flexibility index (Phi) is 1.65. The van der Waals surface area contributed by atoms with Crippen LogP contribution < -0.4 is 5.73 Å². The first-order valence-corrected chi connectivity index (χ1v) is 2.67. The highest BCUT2D eigenvalue weighted by atomic mass is 15.7. The topological polar surface area (TPSA) is 26.0 Å². The van der Waals surface area contributed by atoms with Gasteiger partial charge in [0, 0.05) is 6.54 Å². The van der Waals surface area contributed by atoms with Crippen LogP contribution in [0.3, 0.4) is 0 Å². The van der Waals surface area contributed by atoms with Gasteiger partial charge in [0.15, 0.2) is 0 Å². The molecule has 0 unspecified atom stereocenters. The van der Waals surface area contributed by atoms with E-state index in [0.717, 1.165) is 0 Å². The molecule has 1 rings (SSSR count). The minimum atomic E-state index is 0.640. The summed E-state index contributed by atoms with van der Waals surface area (Å²) in [4.78, 5) is 0. The summed E-state index contributed by atoms with van der Waals surface area (Å²) in [7, 11) is 0. The average Bonchev–Trinajstić information content (AvgIpc) is 1.90. The molecule has 2 N–H and O–H groups in total. The van der Waals surface area contributed by atoms with Gasteiger partial charge in [-0.2, -0.15) is 0 Å². The van der Waals surface area contributed by atoms with Crippen LogP contribution in [0.25, 0.3) is 0 Å². The Morgan fingerprint density at radius 2 is 1.75 bits per heavy atom. The second-order valence-electron chi connectivity index (χ2n) is 1.69. The van der Waals surface area contributed by atoms with E-state index in [1.807, 2.05) is 30.3 Å². The van der Waals surface area contributed by atoms with E-state index < -0.39 is 0 Å². The van der Waals surface area contributed by atoms with Gasteiger partial charge in [-0.25, -0.2) is 0 Å². The van der Waals surface area contributed by atoms with E-state index >= 15 is 0 Å². The number of rotatable bonds is 1. The third kappa shape index (κ3) is 1.07. The molecule has 0 aliphatic carbocycles. The number of nitrogens with two attached hydrogens (primary N) is 1. The highest BCUT2D eigenvalue weighted by Crippen LogP contribution is 1.94.